The molecule has 0 aliphatic heterocycles. The maximum absolute atomic E-state index is 6.27. The quantitative estimate of drug-likeness (QED) is 0.652. The Morgan fingerprint density at radius 3 is 2.35 bits per heavy atom. The summed E-state index contributed by atoms with van der Waals surface area (Å²) in [5, 5.41) is 4.35. The topological polar surface area (TPSA) is 12.0 Å². The first-order valence-corrected chi connectivity index (χ1v) is 8.49. The molecular formula is C16H16Br2ClN. The van der Waals surface area contributed by atoms with Gasteiger partial charge < -0.3 is 5.32 Å². The van der Waals surface area contributed by atoms with Gasteiger partial charge in [0.05, 0.1) is 0 Å². The number of likely N-dealkylation sites (N-methyl/N-ethyl adjacent to an activating group) is 1. The first kappa shape index (κ1) is 16.0. The Hall–Kier alpha value is -0.350. The van der Waals surface area contributed by atoms with Crippen LogP contribution in [0.2, 0.25) is 5.02 Å². The Bertz CT molecular complexity index is 566. The van der Waals surface area contributed by atoms with Gasteiger partial charge in [0.2, 0.25) is 0 Å². The Kier molecular flexibility index (Phi) is 6.09. The molecule has 2 aromatic carbocycles. The molecule has 1 nitrogen and oxygen atoms in total. The summed E-state index contributed by atoms with van der Waals surface area (Å²) in [5.74, 6) is 0. The van der Waals surface area contributed by atoms with Crippen molar-refractivity contribution in [1.82, 2.24) is 5.32 Å². The van der Waals surface area contributed by atoms with E-state index in [2.05, 4.69) is 62.3 Å². The molecule has 2 rings (SSSR count). The lowest BCUT2D eigenvalue weighted by Gasteiger charge is -2.20. The Labute approximate surface area is 142 Å². The first-order chi connectivity index (χ1) is 9.60. The number of hydrogen-bond donors (Lipinski definition) is 1. The predicted octanol–water partition coefficient (Wildman–Crippen LogP) is 5.76. The molecule has 1 atom stereocenters. The van der Waals surface area contributed by atoms with Crippen LogP contribution in [0.4, 0.5) is 0 Å². The van der Waals surface area contributed by atoms with Gasteiger partial charge in [-0.15, -0.1) is 0 Å². The lowest BCUT2D eigenvalue weighted by atomic mass is 9.99. The maximum Gasteiger partial charge on any atom is 0.0438 e. The molecule has 20 heavy (non-hydrogen) atoms. The Balaban J connectivity index is 2.29. The van der Waals surface area contributed by atoms with E-state index < -0.39 is 0 Å². The Morgan fingerprint density at radius 1 is 1.10 bits per heavy atom. The van der Waals surface area contributed by atoms with Crippen molar-refractivity contribution in [1.29, 1.82) is 0 Å². The molecule has 0 spiro atoms. The van der Waals surface area contributed by atoms with E-state index in [0.717, 1.165) is 32.5 Å². The summed E-state index contributed by atoms with van der Waals surface area (Å²) in [6.45, 7) is 3.03. The highest BCUT2D eigenvalue weighted by atomic mass is 79.9. The van der Waals surface area contributed by atoms with Gasteiger partial charge >= 0.3 is 0 Å². The zero-order chi connectivity index (χ0) is 14.5. The SMILES string of the molecule is CCNC(Cc1ccccc1Cl)c1cc(Br)cc(Br)c1. The van der Waals surface area contributed by atoms with Gasteiger partial charge in [-0.05, 0) is 48.4 Å². The third-order valence-corrected chi connectivity index (χ3v) is 4.40. The van der Waals surface area contributed by atoms with Crippen LogP contribution in [0.3, 0.4) is 0 Å². The molecule has 0 radical (unpaired) electrons. The lowest BCUT2D eigenvalue weighted by Crippen LogP contribution is -2.23. The van der Waals surface area contributed by atoms with Crippen molar-refractivity contribution < 1.29 is 0 Å². The normalized spacial score (nSPS) is 12.4. The zero-order valence-electron chi connectivity index (χ0n) is 11.2. The van der Waals surface area contributed by atoms with Crippen molar-refractivity contribution in [2.45, 2.75) is 19.4 Å². The van der Waals surface area contributed by atoms with Gasteiger partial charge in [0.25, 0.3) is 0 Å². The fraction of sp³-hybridized carbons (Fsp3) is 0.250. The van der Waals surface area contributed by atoms with Crippen molar-refractivity contribution in [3.05, 3.63) is 67.6 Å². The molecular weight excluding hydrogens is 401 g/mol. The van der Waals surface area contributed by atoms with Crippen LogP contribution in [0.1, 0.15) is 24.1 Å². The van der Waals surface area contributed by atoms with Crippen molar-refractivity contribution >= 4 is 43.5 Å². The van der Waals surface area contributed by atoms with E-state index in [4.69, 9.17) is 11.6 Å². The van der Waals surface area contributed by atoms with E-state index in [9.17, 15) is 0 Å². The fourth-order valence-electron chi connectivity index (χ4n) is 2.21. The molecule has 0 aliphatic rings. The van der Waals surface area contributed by atoms with Gasteiger partial charge in [-0.2, -0.15) is 0 Å². The van der Waals surface area contributed by atoms with Crippen molar-refractivity contribution in [3.8, 4) is 0 Å². The molecule has 0 fully saturated rings. The van der Waals surface area contributed by atoms with Crippen LogP contribution >= 0.6 is 43.5 Å². The van der Waals surface area contributed by atoms with E-state index >= 15 is 0 Å². The Morgan fingerprint density at radius 2 is 1.75 bits per heavy atom. The van der Waals surface area contributed by atoms with Gasteiger partial charge in [0, 0.05) is 20.0 Å². The van der Waals surface area contributed by atoms with E-state index in [1.165, 1.54) is 5.56 Å². The van der Waals surface area contributed by atoms with Crippen LogP contribution in [0, 0.1) is 0 Å². The smallest absolute Gasteiger partial charge is 0.0438 e. The zero-order valence-corrected chi connectivity index (χ0v) is 15.1. The second-order valence-corrected chi connectivity index (χ2v) is 6.85. The van der Waals surface area contributed by atoms with Crippen molar-refractivity contribution in [2.24, 2.45) is 0 Å². The minimum Gasteiger partial charge on any atom is -0.310 e. The third kappa shape index (κ3) is 4.32. The standard InChI is InChI=1S/C16H16Br2ClN/c1-2-20-16(9-11-5-3-4-6-15(11)19)12-7-13(17)10-14(18)8-12/h3-8,10,16,20H,2,9H2,1H3. The monoisotopic (exact) mass is 415 g/mol. The van der Waals surface area contributed by atoms with Crippen LogP contribution in [-0.2, 0) is 6.42 Å². The highest BCUT2D eigenvalue weighted by Gasteiger charge is 2.14. The van der Waals surface area contributed by atoms with Crippen LogP contribution in [0.25, 0.3) is 0 Å². The third-order valence-electron chi connectivity index (χ3n) is 3.12. The van der Waals surface area contributed by atoms with E-state index in [1.807, 2.05) is 24.3 Å². The van der Waals surface area contributed by atoms with Crippen LogP contribution in [-0.4, -0.2) is 6.54 Å². The van der Waals surface area contributed by atoms with Gasteiger partial charge in [-0.25, -0.2) is 0 Å². The fourth-order valence-corrected chi connectivity index (χ4v) is 3.76. The molecule has 0 aromatic heterocycles. The van der Waals surface area contributed by atoms with Gasteiger partial charge in [-0.1, -0.05) is 68.6 Å². The van der Waals surface area contributed by atoms with Gasteiger partial charge in [0.1, 0.15) is 0 Å². The highest BCUT2D eigenvalue weighted by molar-refractivity contribution is 9.11. The largest absolute Gasteiger partial charge is 0.310 e. The average Bonchev–Trinajstić information content (AvgIpc) is 2.39. The molecule has 0 saturated heterocycles. The number of hydrogen-bond acceptors (Lipinski definition) is 1. The maximum atomic E-state index is 6.27. The number of nitrogens with one attached hydrogen (secondary N) is 1. The van der Waals surface area contributed by atoms with Crippen LogP contribution in [0.5, 0.6) is 0 Å². The molecule has 0 aliphatic carbocycles. The number of halogens is 3. The summed E-state index contributed by atoms with van der Waals surface area (Å²) in [6, 6.07) is 14.6. The second kappa shape index (κ2) is 7.60. The molecule has 0 amide bonds. The molecule has 2 aromatic rings. The second-order valence-electron chi connectivity index (χ2n) is 4.61. The summed E-state index contributed by atoms with van der Waals surface area (Å²) < 4.78 is 2.15. The summed E-state index contributed by atoms with van der Waals surface area (Å²) in [4.78, 5) is 0. The first-order valence-electron chi connectivity index (χ1n) is 6.53. The van der Waals surface area contributed by atoms with Crippen molar-refractivity contribution in [3.63, 3.8) is 0 Å². The van der Waals surface area contributed by atoms with Crippen LogP contribution in [0.15, 0.2) is 51.4 Å². The predicted molar refractivity (Wildman–Crippen MR) is 93.4 cm³/mol. The molecule has 0 heterocycles. The van der Waals surface area contributed by atoms with E-state index in [0.29, 0.717) is 0 Å². The average molecular weight is 418 g/mol. The molecule has 0 saturated carbocycles. The summed E-state index contributed by atoms with van der Waals surface area (Å²) in [7, 11) is 0. The number of benzene rings is 2. The molecule has 0 bridgehead atoms. The molecule has 1 unspecified atom stereocenters. The molecule has 4 heteroatoms. The van der Waals surface area contributed by atoms with Crippen LogP contribution < -0.4 is 5.32 Å². The minimum absolute atomic E-state index is 0.244. The highest BCUT2D eigenvalue weighted by Crippen LogP contribution is 2.28. The minimum atomic E-state index is 0.244. The van der Waals surface area contributed by atoms with Crippen molar-refractivity contribution in [2.75, 3.05) is 6.54 Å². The van der Waals surface area contributed by atoms with Gasteiger partial charge in [-0.3, -0.25) is 0 Å². The van der Waals surface area contributed by atoms with E-state index in [1.54, 1.807) is 0 Å². The molecule has 1 N–H and O–H groups in total. The van der Waals surface area contributed by atoms with E-state index in [-0.39, 0.29) is 6.04 Å². The summed E-state index contributed by atoms with van der Waals surface area (Å²) in [5.41, 5.74) is 2.41. The molecule has 106 valence electrons. The summed E-state index contributed by atoms with van der Waals surface area (Å²) in [6.07, 6.45) is 0.871. The van der Waals surface area contributed by atoms with Gasteiger partial charge in [0.15, 0.2) is 0 Å². The summed E-state index contributed by atoms with van der Waals surface area (Å²) >= 11 is 13.4. The number of rotatable bonds is 5. The lowest BCUT2D eigenvalue weighted by molar-refractivity contribution is 0.549.